The summed E-state index contributed by atoms with van der Waals surface area (Å²) in [6, 6.07) is 7.69. The van der Waals surface area contributed by atoms with E-state index in [9.17, 15) is 4.79 Å². The highest BCUT2D eigenvalue weighted by atomic mass is 16.5. The number of benzene rings is 1. The van der Waals surface area contributed by atoms with Crippen molar-refractivity contribution in [3.8, 4) is 5.75 Å². The van der Waals surface area contributed by atoms with Crippen molar-refractivity contribution in [2.45, 2.75) is 12.8 Å². The SMILES string of the molecule is C=C(CCC=O)c1ccccc1OC. The average molecular weight is 190 g/mol. The van der Waals surface area contributed by atoms with Crippen LogP contribution in [0.15, 0.2) is 30.8 Å². The molecule has 74 valence electrons. The maximum atomic E-state index is 10.2. The van der Waals surface area contributed by atoms with Crippen LogP contribution >= 0.6 is 0 Å². The lowest BCUT2D eigenvalue weighted by Crippen LogP contribution is -1.91. The molecule has 0 aromatic heterocycles. The summed E-state index contributed by atoms with van der Waals surface area (Å²) in [7, 11) is 1.63. The van der Waals surface area contributed by atoms with Gasteiger partial charge in [-0.1, -0.05) is 24.8 Å². The molecule has 0 saturated carbocycles. The molecular weight excluding hydrogens is 176 g/mol. The number of carbonyl (C=O) groups is 1. The third kappa shape index (κ3) is 2.46. The van der Waals surface area contributed by atoms with Crippen molar-refractivity contribution < 1.29 is 9.53 Å². The van der Waals surface area contributed by atoms with Crippen LogP contribution in [0.25, 0.3) is 5.57 Å². The first-order chi connectivity index (χ1) is 6.79. The van der Waals surface area contributed by atoms with Crippen LogP contribution in [0.4, 0.5) is 0 Å². The molecule has 0 saturated heterocycles. The molecule has 0 aliphatic heterocycles. The first kappa shape index (κ1) is 10.5. The normalized spacial score (nSPS) is 9.50. The number of methoxy groups -OCH3 is 1. The second-order valence-corrected chi connectivity index (χ2v) is 3.01. The van der Waals surface area contributed by atoms with Gasteiger partial charge in [0.1, 0.15) is 12.0 Å². The smallest absolute Gasteiger partial charge is 0.126 e. The molecule has 14 heavy (non-hydrogen) atoms. The maximum Gasteiger partial charge on any atom is 0.126 e. The van der Waals surface area contributed by atoms with Gasteiger partial charge in [-0.25, -0.2) is 0 Å². The van der Waals surface area contributed by atoms with Crippen molar-refractivity contribution in [3.05, 3.63) is 36.4 Å². The molecule has 1 rings (SSSR count). The molecule has 0 amide bonds. The fourth-order valence-electron chi connectivity index (χ4n) is 1.30. The van der Waals surface area contributed by atoms with Crippen LogP contribution in [0.5, 0.6) is 5.75 Å². The Kier molecular flexibility index (Phi) is 3.92. The molecule has 0 heterocycles. The molecule has 0 unspecified atom stereocenters. The molecule has 2 nitrogen and oxygen atoms in total. The highest BCUT2D eigenvalue weighted by molar-refractivity contribution is 5.70. The lowest BCUT2D eigenvalue weighted by atomic mass is 10.0. The maximum absolute atomic E-state index is 10.2. The van der Waals surface area contributed by atoms with Crippen molar-refractivity contribution in [3.63, 3.8) is 0 Å². The second kappa shape index (κ2) is 5.22. The van der Waals surface area contributed by atoms with Gasteiger partial charge in [-0.15, -0.1) is 0 Å². The third-order valence-electron chi connectivity index (χ3n) is 2.05. The van der Waals surface area contributed by atoms with Crippen LogP contribution in [0, 0.1) is 0 Å². The molecule has 0 spiro atoms. The van der Waals surface area contributed by atoms with Crippen molar-refractivity contribution in [1.82, 2.24) is 0 Å². The third-order valence-corrected chi connectivity index (χ3v) is 2.05. The van der Waals surface area contributed by atoms with E-state index in [1.54, 1.807) is 7.11 Å². The lowest BCUT2D eigenvalue weighted by Gasteiger charge is -2.09. The van der Waals surface area contributed by atoms with E-state index in [2.05, 4.69) is 6.58 Å². The number of carbonyl (C=O) groups excluding carboxylic acids is 1. The summed E-state index contributed by atoms with van der Waals surface area (Å²) in [5.74, 6) is 0.809. The number of hydrogen-bond donors (Lipinski definition) is 0. The number of hydrogen-bond acceptors (Lipinski definition) is 2. The van der Waals surface area contributed by atoms with Crippen LogP contribution in [-0.4, -0.2) is 13.4 Å². The minimum atomic E-state index is 0.511. The van der Waals surface area contributed by atoms with Gasteiger partial charge in [0.25, 0.3) is 0 Å². The van der Waals surface area contributed by atoms with Crippen molar-refractivity contribution in [2.75, 3.05) is 7.11 Å². The molecular formula is C12H14O2. The molecule has 0 aliphatic rings. The van der Waals surface area contributed by atoms with Crippen LogP contribution in [-0.2, 0) is 4.79 Å². The van der Waals surface area contributed by atoms with Gasteiger partial charge < -0.3 is 9.53 Å². The summed E-state index contributed by atoms with van der Waals surface area (Å²) in [6.07, 6.45) is 2.10. The number of rotatable bonds is 5. The van der Waals surface area contributed by atoms with Crippen molar-refractivity contribution in [1.29, 1.82) is 0 Å². The van der Waals surface area contributed by atoms with E-state index in [1.807, 2.05) is 24.3 Å². The topological polar surface area (TPSA) is 26.3 Å². The van der Waals surface area contributed by atoms with Gasteiger partial charge in [-0.05, 0) is 18.1 Å². The summed E-state index contributed by atoms with van der Waals surface area (Å²) in [5.41, 5.74) is 1.92. The van der Waals surface area contributed by atoms with Gasteiger partial charge in [-0.2, -0.15) is 0 Å². The Morgan fingerprint density at radius 2 is 2.21 bits per heavy atom. The van der Waals surface area contributed by atoms with Gasteiger partial charge in [-0.3, -0.25) is 0 Å². The number of para-hydroxylation sites is 1. The van der Waals surface area contributed by atoms with E-state index in [-0.39, 0.29) is 0 Å². The van der Waals surface area contributed by atoms with Crippen LogP contribution < -0.4 is 4.74 Å². The van der Waals surface area contributed by atoms with E-state index in [0.29, 0.717) is 12.8 Å². The summed E-state index contributed by atoms with van der Waals surface area (Å²) in [6.45, 7) is 3.93. The Balaban J connectivity index is 2.82. The summed E-state index contributed by atoms with van der Waals surface area (Å²) >= 11 is 0. The van der Waals surface area contributed by atoms with E-state index in [0.717, 1.165) is 23.2 Å². The summed E-state index contributed by atoms with van der Waals surface area (Å²) < 4.78 is 5.20. The minimum absolute atomic E-state index is 0.511. The zero-order valence-electron chi connectivity index (χ0n) is 8.32. The molecule has 0 fully saturated rings. The minimum Gasteiger partial charge on any atom is -0.496 e. The van der Waals surface area contributed by atoms with E-state index >= 15 is 0 Å². The second-order valence-electron chi connectivity index (χ2n) is 3.01. The molecule has 0 bridgehead atoms. The fourth-order valence-corrected chi connectivity index (χ4v) is 1.30. The Bertz CT molecular complexity index is 329. The zero-order valence-corrected chi connectivity index (χ0v) is 8.32. The Hall–Kier alpha value is -1.57. The van der Waals surface area contributed by atoms with Gasteiger partial charge in [0.05, 0.1) is 7.11 Å². The van der Waals surface area contributed by atoms with Crippen LogP contribution in [0.3, 0.4) is 0 Å². The molecule has 1 aromatic carbocycles. The number of aldehydes is 1. The molecule has 2 heteroatoms. The molecule has 0 radical (unpaired) electrons. The molecule has 1 aromatic rings. The first-order valence-electron chi connectivity index (χ1n) is 4.54. The predicted molar refractivity (Wildman–Crippen MR) is 57.3 cm³/mol. The van der Waals surface area contributed by atoms with Gasteiger partial charge in [0.15, 0.2) is 0 Å². The van der Waals surface area contributed by atoms with E-state index < -0.39 is 0 Å². The Morgan fingerprint density at radius 1 is 1.50 bits per heavy atom. The largest absolute Gasteiger partial charge is 0.496 e. The monoisotopic (exact) mass is 190 g/mol. The summed E-state index contributed by atoms with van der Waals surface area (Å²) in [5, 5.41) is 0. The van der Waals surface area contributed by atoms with Gasteiger partial charge >= 0.3 is 0 Å². The highest BCUT2D eigenvalue weighted by Crippen LogP contribution is 2.26. The average Bonchev–Trinajstić information content (AvgIpc) is 2.25. The Morgan fingerprint density at radius 3 is 2.86 bits per heavy atom. The highest BCUT2D eigenvalue weighted by Gasteiger charge is 2.04. The van der Waals surface area contributed by atoms with Crippen LogP contribution in [0.2, 0.25) is 0 Å². The van der Waals surface area contributed by atoms with Crippen molar-refractivity contribution in [2.24, 2.45) is 0 Å². The number of ether oxygens (including phenoxy) is 1. The van der Waals surface area contributed by atoms with Crippen molar-refractivity contribution >= 4 is 11.9 Å². The Labute approximate surface area is 84.2 Å². The first-order valence-corrected chi connectivity index (χ1v) is 4.54. The van der Waals surface area contributed by atoms with Gasteiger partial charge in [0, 0.05) is 12.0 Å². The fraction of sp³-hybridized carbons (Fsp3) is 0.250. The summed E-state index contributed by atoms with van der Waals surface area (Å²) in [4.78, 5) is 10.2. The predicted octanol–water partition coefficient (Wildman–Crippen LogP) is 2.69. The van der Waals surface area contributed by atoms with Gasteiger partial charge in [0.2, 0.25) is 0 Å². The quantitative estimate of drug-likeness (QED) is 0.667. The lowest BCUT2D eigenvalue weighted by molar-refractivity contribution is -0.107. The molecule has 0 aliphatic carbocycles. The van der Waals surface area contributed by atoms with Crippen LogP contribution in [0.1, 0.15) is 18.4 Å². The number of allylic oxidation sites excluding steroid dienone is 1. The standard InChI is InChI=1S/C12H14O2/c1-10(6-5-9-13)11-7-3-4-8-12(11)14-2/h3-4,7-9H,1,5-6H2,2H3. The molecule has 0 atom stereocenters. The van der Waals surface area contributed by atoms with E-state index in [1.165, 1.54) is 0 Å². The van der Waals surface area contributed by atoms with E-state index in [4.69, 9.17) is 4.74 Å². The zero-order chi connectivity index (χ0) is 10.4. The molecule has 0 N–H and O–H groups in total.